The average molecular weight is 255 g/mol. The van der Waals surface area contributed by atoms with Crippen LogP contribution in [-0.2, 0) is 0 Å². The summed E-state index contributed by atoms with van der Waals surface area (Å²) in [6.07, 6.45) is 8.14. The third-order valence-corrected chi connectivity index (χ3v) is 4.34. The zero-order valence-electron chi connectivity index (χ0n) is 13.8. The first kappa shape index (κ1) is 18.0. The minimum absolute atomic E-state index is 0.542. The normalized spacial score (nSPS) is 16.8. The van der Waals surface area contributed by atoms with E-state index >= 15 is 0 Å². The molecule has 1 N–H and O–H groups in total. The molecule has 2 unspecified atom stereocenters. The van der Waals surface area contributed by atoms with E-state index in [4.69, 9.17) is 0 Å². The molecule has 0 rings (SSSR count). The summed E-state index contributed by atoms with van der Waals surface area (Å²) < 4.78 is 0. The maximum atomic E-state index is 3.72. The molecule has 110 valence electrons. The summed E-state index contributed by atoms with van der Waals surface area (Å²) in [6.45, 7) is 16.4. The van der Waals surface area contributed by atoms with Crippen LogP contribution < -0.4 is 5.32 Å². The fourth-order valence-corrected chi connectivity index (χ4v) is 2.77. The van der Waals surface area contributed by atoms with Crippen LogP contribution in [0, 0.1) is 17.3 Å². The van der Waals surface area contributed by atoms with Crippen LogP contribution in [-0.4, -0.2) is 13.1 Å². The second-order valence-electron chi connectivity index (χ2n) is 6.70. The largest absolute Gasteiger partial charge is 0.316 e. The first-order valence-corrected chi connectivity index (χ1v) is 8.20. The second-order valence-corrected chi connectivity index (χ2v) is 6.70. The van der Waals surface area contributed by atoms with Crippen LogP contribution in [0.25, 0.3) is 0 Å². The summed E-state index contributed by atoms with van der Waals surface area (Å²) in [5.74, 6) is 1.62. The van der Waals surface area contributed by atoms with Crippen molar-refractivity contribution in [2.75, 3.05) is 13.1 Å². The molecular weight excluding hydrogens is 218 g/mol. The maximum Gasteiger partial charge on any atom is 0.000792 e. The summed E-state index contributed by atoms with van der Waals surface area (Å²) >= 11 is 0. The van der Waals surface area contributed by atoms with E-state index in [9.17, 15) is 0 Å². The second kappa shape index (κ2) is 9.83. The van der Waals surface area contributed by atoms with Crippen LogP contribution in [0.2, 0.25) is 0 Å². The fraction of sp³-hybridized carbons (Fsp3) is 1.00. The summed E-state index contributed by atoms with van der Waals surface area (Å²) in [7, 11) is 0. The van der Waals surface area contributed by atoms with Gasteiger partial charge in [-0.25, -0.2) is 0 Å². The summed E-state index contributed by atoms with van der Waals surface area (Å²) in [5, 5.41) is 3.72. The number of hydrogen-bond acceptors (Lipinski definition) is 1. The van der Waals surface area contributed by atoms with E-state index in [1.54, 1.807) is 0 Å². The Morgan fingerprint density at radius 2 is 1.72 bits per heavy atom. The van der Waals surface area contributed by atoms with Gasteiger partial charge in [0, 0.05) is 6.54 Å². The Labute approximate surface area is 116 Å². The molecule has 0 radical (unpaired) electrons. The van der Waals surface area contributed by atoms with Gasteiger partial charge in [0.15, 0.2) is 0 Å². The van der Waals surface area contributed by atoms with E-state index < -0.39 is 0 Å². The number of rotatable bonds is 11. The number of nitrogens with one attached hydrogen (secondary N) is 1. The van der Waals surface area contributed by atoms with E-state index in [1.807, 2.05) is 0 Å². The molecular formula is C17H37N. The van der Waals surface area contributed by atoms with Gasteiger partial charge in [-0.3, -0.25) is 0 Å². The van der Waals surface area contributed by atoms with E-state index in [0.717, 1.165) is 18.4 Å². The van der Waals surface area contributed by atoms with Gasteiger partial charge in [0.05, 0.1) is 0 Å². The van der Waals surface area contributed by atoms with E-state index in [2.05, 4.69) is 46.9 Å². The van der Waals surface area contributed by atoms with Crippen LogP contribution in [0.4, 0.5) is 0 Å². The van der Waals surface area contributed by atoms with Gasteiger partial charge < -0.3 is 5.32 Å². The van der Waals surface area contributed by atoms with Crippen molar-refractivity contribution in [2.24, 2.45) is 17.3 Å². The minimum Gasteiger partial charge on any atom is -0.316 e. The van der Waals surface area contributed by atoms with Crippen molar-refractivity contribution in [2.45, 2.75) is 80.1 Å². The summed E-state index contributed by atoms with van der Waals surface area (Å²) in [4.78, 5) is 0. The van der Waals surface area contributed by atoms with Gasteiger partial charge in [-0.1, -0.05) is 60.8 Å². The SMILES string of the molecule is CCCCC(CC)(CNCC(C)C)CC(C)CC. The molecule has 0 spiro atoms. The molecule has 0 saturated carbocycles. The Hall–Kier alpha value is -0.0400. The standard InChI is InChI=1S/C17H37N/c1-7-10-11-17(9-3,12-16(6)8-2)14-18-13-15(4)5/h15-16,18H,7-14H2,1-6H3. The molecule has 0 aromatic heterocycles. The predicted molar refractivity (Wildman–Crippen MR) is 84.0 cm³/mol. The molecule has 0 aromatic carbocycles. The minimum atomic E-state index is 0.542. The molecule has 1 heteroatoms. The molecule has 0 saturated heterocycles. The van der Waals surface area contributed by atoms with Crippen molar-refractivity contribution in [1.82, 2.24) is 5.32 Å². The molecule has 0 aliphatic heterocycles. The third-order valence-electron chi connectivity index (χ3n) is 4.34. The Kier molecular flexibility index (Phi) is 9.81. The average Bonchev–Trinajstić information content (AvgIpc) is 2.35. The Morgan fingerprint density at radius 3 is 2.17 bits per heavy atom. The van der Waals surface area contributed by atoms with Crippen LogP contribution in [0.15, 0.2) is 0 Å². The lowest BCUT2D eigenvalue weighted by molar-refractivity contribution is 0.176. The first-order valence-electron chi connectivity index (χ1n) is 8.20. The first-order chi connectivity index (χ1) is 8.49. The van der Waals surface area contributed by atoms with Crippen LogP contribution in [0.5, 0.6) is 0 Å². The lowest BCUT2D eigenvalue weighted by Crippen LogP contribution is -2.37. The van der Waals surface area contributed by atoms with Crippen molar-refractivity contribution < 1.29 is 0 Å². The van der Waals surface area contributed by atoms with Gasteiger partial charge in [-0.05, 0) is 43.1 Å². The van der Waals surface area contributed by atoms with Gasteiger partial charge in [0.25, 0.3) is 0 Å². The molecule has 0 amide bonds. The topological polar surface area (TPSA) is 12.0 Å². The highest BCUT2D eigenvalue weighted by Crippen LogP contribution is 2.36. The molecule has 0 aliphatic rings. The zero-order chi connectivity index (χ0) is 14.0. The quantitative estimate of drug-likeness (QED) is 0.531. The van der Waals surface area contributed by atoms with Crippen molar-refractivity contribution in [3.8, 4) is 0 Å². The zero-order valence-corrected chi connectivity index (χ0v) is 13.8. The maximum absolute atomic E-state index is 3.72. The molecule has 18 heavy (non-hydrogen) atoms. The van der Waals surface area contributed by atoms with E-state index in [-0.39, 0.29) is 0 Å². The summed E-state index contributed by atoms with van der Waals surface area (Å²) in [6, 6.07) is 0. The van der Waals surface area contributed by atoms with Gasteiger partial charge in [-0.2, -0.15) is 0 Å². The predicted octanol–water partition coefficient (Wildman–Crippen LogP) is 5.25. The fourth-order valence-electron chi connectivity index (χ4n) is 2.77. The van der Waals surface area contributed by atoms with Crippen molar-refractivity contribution >= 4 is 0 Å². The van der Waals surface area contributed by atoms with Crippen LogP contribution in [0.3, 0.4) is 0 Å². The Morgan fingerprint density at radius 1 is 1.06 bits per heavy atom. The van der Waals surface area contributed by atoms with E-state index in [1.165, 1.54) is 45.1 Å². The number of hydrogen-bond donors (Lipinski definition) is 1. The Balaban J connectivity index is 4.43. The highest BCUT2D eigenvalue weighted by molar-refractivity contribution is 4.82. The van der Waals surface area contributed by atoms with E-state index in [0.29, 0.717) is 5.41 Å². The highest BCUT2D eigenvalue weighted by atomic mass is 14.9. The molecule has 0 aliphatic carbocycles. The van der Waals surface area contributed by atoms with Crippen molar-refractivity contribution in [3.63, 3.8) is 0 Å². The van der Waals surface area contributed by atoms with Crippen molar-refractivity contribution in [3.05, 3.63) is 0 Å². The highest BCUT2D eigenvalue weighted by Gasteiger charge is 2.28. The van der Waals surface area contributed by atoms with Gasteiger partial charge in [-0.15, -0.1) is 0 Å². The Bertz CT molecular complexity index is 188. The monoisotopic (exact) mass is 255 g/mol. The van der Waals surface area contributed by atoms with Crippen molar-refractivity contribution in [1.29, 1.82) is 0 Å². The lowest BCUT2D eigenvalue weighted by Gasteiger charge is -2.36. The van der Waals surface area contributed by atoms with Gasteiger partial charge >= 0.3 is 0 Å². The van der Waals surface area contributed by atoms with Crippen LogP contribution >= 0.6 is 0 Å². The molecule has 0 heterocycles. The smallest absolute Gasteiger partial charge is 0.000792 e. The number of unbranched alkanes of at least 4 members (excludes halogenated alkanes) is 1. The molecule has 0 fully saturated rings. The third kappa shape index (κ3) is 7.41. The molecule has 0 aromatic rings. The lowest BCUT2D eigenvalue weighted by atomic mass is 9.73. The molecule has 1 nitrogen and oxygen atoms in total. The van der Waals surface area contributed by atoms with Gasteiger partial charge in [0.2, 0.25) is 0 Å². The molecule has 0 bridgehead atoms. The van der Waals surface area contributed by atoms with Crippen LogP contribution in [0.1, 0.15) is 80.1 Å². The molecule has 2 atom stereocenters. The van der Waals surface area contributed by atoms with Gasteiger partial charge in [0.1, 0.15) is 0 Å². The summed E-state index contributed by atoms with van der Waals surface area (Å²) in [5.41, 5.74) is 0.542.